The van der Waals surface area contributed by atoms with Crippen molar-refractivity contribution in [2.45, 2.75) is 0 Å². The summed E-state index contributed by atoms with van der Waals surface area (Å²) in [7, 11) is -1.59. The SMILES string of the molecule is O.c1ccc(P(c2ccccc2)c2ccccc2Oc2ccccc2P(c2ccccc2)c2ccccc2)cc1. The van der Waals surface area contributed by atoms with Crippen molar-refractivity contribution in [3.05, 3.63) is 170 Å². The Morgan fingerprint density at radius 3 is 0.850 bits per heavy atom. The van der Waals surface area contributed by atoms with Gasteiger partial charge in [0.1, 0.15) is 11.5 Å². The lowest BCUT2D eigenvalue weighted by molar-refractivity contribution is 0.491. The first kappa shape index (κ1) is 27.5. The van der Waals surface area contributed by atoms with E-state index < -0.39 is 15.8 Å². The van der Waals surface area contributed by atoms with Crippen LogP contribution in [0.3, 0.4) is 0 Å². The van der Waals surface area contributed by atoms with E-state index in [-0.39, 0.29) is 5.48 Å². The summed E-state index contributed by atoms with van der Waals surface area (Å²) in [6.45, 7) is 0. The van der Waals surface area contributed by atoms with Crippen LogP contribution in [-0.4, -0.2) is 5.48 Å². The molecule has 0 aromatic heterocycles. The van der Waals surface area contributed by atoms with Crippen molar-refractivity contribution < 1.29 is 10.2 Å². The molecule has 6 aromatic carbocycles. The molecule has 6 aromatic rings. The highest BCUT2D eigenvalue weighted by Crippen LogP contribution is 2.40. The number of para-hydroxylation sites is 2. The molecule has 0 unspecified atom stereocenters. The van der Waals surface area contributed by atoms with Gasteiger partial charge in [-0.25, -0.2) is 0 Å². The number of ether oxygens (including phenoxy) is 1. The van der Waals surface area contributed by atoms with Crippen LogP contribution in [-0.2, 0) is 0 Å². The second-order valence-electron chi connectivity index (χ2n) is 9.05. The molecule has 196 valence electrons. The predicted molar refractivity (Wildman–Crippen MR) is 174 cm³/mol. The van der Waals surface area contributed by atoms with Crippen LogP contribution in [0.4, 0.5) is 0 Å². The highest BCUT2D eigenvalue weighted by Gasteiger charge is 2.23. The molecule has 0 radical (unpaired) electrons. The van der Waals surface area contributed by atoms with Gasteiger partial charge in [-0.15, -0.1) is 0 Å². The van der Waals surface area contributed by atoms with Crippen LogP contribution in [0.25, 0.3) is 0 Å². The number of rotatable bonds is 8. The van der Waals surface area contributed by atoms with E-state index in [2.05, 4.69) is 170 Å². The minimum absolute atomic E-state index is 0. The number of hydrogen-bond acceptors (Lipinski definition) is 1. The monoisotopic (exact) mass is 556 g/mol. The van der Waals surface area contributed by atoms with E-state index in [0.717, 1.165) is 11.5 Å². The topological polar surface area (TPSA) is 40.7 Å². The van der Waals surface area contributed by atoms with E-state index in [1.807, 2.05) is 0 Å². The van der Waals surface area contributed by atoms with E-state index in [1.165, 1.54) is 31.8 Å². The Bertz CT molecular complexity index is 1420. The van der Waals surface area contributed by atoms with E-state index >= 15 is 0 Å². The van der Waals surface area contributed by atoms with Crippen molar-refractivity contribution in [3.63, 3.8) is 0 Å². The fourth-order valence-corrected chi connectivity index (χ4v) is 9.48. The first-order chi connectivity index (χ1) is 19.4. The molecule has 0 aliphatic rings. The number of hydrogen-bond donors (Lipinski definition) is 0. The molecular weight excluding hydrogens is 526 g/mol. The lowest BCUT2D eigenvalue weighted by Gasteiger charge is -2.25. The van der Waals surface area contributed by atoms with Crippen LogP contribution >= 0.6 is 15.8 Å². The smallest absolute Gasteiger partial charge is 0.135 e. The summed E-state index contributed by atoms with van der Waals surface area (Å²) >= 11 is 0. The third-order valence-electron chi connectivity index (χ3n) is 6.49. The summed E-state index contributed by atoms with van der Waals surface area (Å²) in [6.07, 6.45) is 0. The van der Waals surface area contributed by atoms with Crippen molar-refractivity contribution in [3.8, 4) is 11.5 Å². The highest BCUT2D eigenvalue weighted by molar-refractivity contribution is 7.80. The molecule has 0 aliphatic heterocycles. The molecule has 0 spiro atoms. The van der Waals surface area contributed by atoms with Crippen LogP contribution in [0.5, 0.6) is 11.5 Å². The van der Waals surface area contributed by atoms with Gasteiger partial charge in [0.2, 0.25) is 0 Å². The van der Waals surface area contributed by atoms with E-state index in [4.69, 9.17) is 4.74 Å². The van der Waals surface area contributed by atoms with Gasteiger partial charge in [-0.3, -0.25) is 0 Å². The maximum atomic E-state index is 6.92. The standard InChI is InChI=1S/C36H28OP2.H2O/c1-5-17-29(18-6-1)38(30-19-7-2-8-20-30)35-27-15-13-25-33(35)37-34-26-14-16-28-36(34)39(31-21-9-3-10-22-31)32-23-11-4-12-24-32;/h1-28H;1H2. The Kier molecular flexibility index (Phi) is 9.17. The van der Waals surface area contributed by atoms with E-state index in [0.29, 0.717) is 0 Å². The van der Waals surface area contributed by atoms with Gasteiger partial charge >= 0.3 is 0 Å². The molecule has 0 saturated carbocycles. The largest absolute Gasteiger partial charge is 0.456 e. The fourth-order valence-electron chi connectivity index (χ4n) is 4.74. The fraction of sp³-hybridized carbons (Fsp3) is 0. The van der Waals surface area contributed by atoms with Gasteiger partial charge in [0.05, 0.1) is 0 Å². The molecule has 0 bridgehead atoms. The minimum Gasteiger partial charge on any atom is -0.456 e. The summed E-state index contributed by atoms with van der Waals surface area (Å²) in [5.41, 5.74) is 0. The van der Waals surface area contributed by atoms with Gasteiger partial charge < -0.3 is 10.2 Å². The average Bonchev–Trinajstić information content (AvgIpc) is 3.01. The summed E-state index contributed by atoms with van der Waals surface area (Å²) in [4.78, 5) is 0. The molecule has 0 atom stereocenters. The zero-order valence-corrected chi connectivity index (χ0v) is 23.8. The van der Waals surface area contributed by atoms with Gasteiger partial charge in [-0.1, -0.05) is 158 Å². The van der Waals surface area contributed by atoms with Crippen LogP contribution in [0.1, 0.15) is 0 Å². The van der Waals surface area contributed by atoms with Crippen molar-refractivity contribution in [2.75, 3.05) is 0 Å². The van der Waals surface area contributed by atoms with Gasteiger partial charge in [-0.05, 0) is 49.2 Å². The first-order valence-electron chi connectivity index (χ1n) is 13.0. The molecule has 0 heterocycles. The molecule has 0 amide bonds. The van der Waals surface area contributed by atoms with Crippen molar-refractivity contribution in [1.82, 2.24) is 0 Å². The molecule has 0 aliphatic carbocycles. The quantitative estimate of drug-likeness (QED) is 0.207. The minimum atomic E-state index is -0.795. The van der Waals surface area contributed by atoms with E-state index in [1.54, 1.807) is 0 Å². The van der Waals surface area contributed by atoms with Crippen molar-refractivity contribution >= 4 is 47.7 Å². The maximum absolute atomic E-state index is 6.92. The van der Waals surface area contributed by atoms with Crippen LogP contribution in [0.15, 0.2) is 170 Å². The van der Waals surface area contributed by atoms with Crippen LogP contribution in [0, 0.1) is 0 Å². The van der Waals surface area contributed by atoms with Gasteiger partial charge in [0, 0.05) is 10.6 Å². The summed E-state index contributed by atoms with van der Waals surface area (Å²) in [6, 6.07) is 60.2. The predicted octanol–water partition coefficient (Wildman–Crippen LogP) is 6.17. The Labute approximate surface area is 238 Å². The third-order valence-corrected chi connectivity index (χ3v) is 11.5. The summed E-state index contributed by atoms with van der Waals surface area (Å²) in [5, 5.41) is 7.64. The zero-order valence-electron chi connectivity index (χ0n) is 22.0. The first-order valence-corrected chi connectivity index (χ1v) is 15.7. The highest BCUT2D eigenvalue weighted by atomic mass is 31.1. The van der Waals surface area contributed by atoms with E-state index in [9.17, 15) is 0 Å². The van der Waals surface area contributed by atoms with Crippen LogP contribution < -0.4 is 36.6 Å². The molecule has 6 rings (SSSR count). The molecule has 4 heteroatoms. The molecule has 40 heavy (non-hydrogen) atoms. The second-order valence-corrected chi connectivity index (χ2v) is 13.4. The molecular formula is C36H30O2P2. The Hall–Kier alpha value is -4.06. The molecule has 2 N–H and O–H groups in total. The lowest BCUT2D eigenvalue weighted by Crippen LogP contribution is -2.23. The van der Waals surface area contributed by atoms with Gasteiger partial charge in [-0.2, -0.15) is 0 Å². The second kappa shape index (κ2) is 13.3. The van der Waals surface area contributed by atoms with Crippen LogP contribution in [0.2, 0.25) is 0 Å². The normalized spacial score (nSPS) is 10.8. The van der Waals surface area contributed by atoms with Gasteiger partial charge in [0.25, 0.3) is 0 Å². The lowest BCUT2D eigenvalue weighted by atomic mass is 10.3. The summed E-state index contributed by atoms with van der Waals surface area (Å²) in [5.74, 6) is 1.81. The maximum Gasteiger partial charge on any atom is 0.135 e. The Morgan fingerprint density at radius 1 is 0.300 bits per heavy atom. The zero-order chi connectivity index (χ0) is 26.3. The Balaban J connectivity index is 0.00000323. The number of benzene rings is 6. The van der Waals surface area contributed by atoms with Gasteiger partial charge in [0.15, 0.2) is 0 Å². The Morgan fingerprint density at radius 2 is 0.550 bits per heavy atom. The third kappa shape index (κ3) is 6.06. The summed E-state index contributed by atoms with van der Waals surface area (Å²) < 4.78 is 6.92. The van der Waals surface area contributed by atoms with Crippen molar-refractivity contribution in [1.29, 1.82) is 0 Å². The van der Waals surface area contributed by atoms with Crippen molar-refractivity contribution in [2.24, 2.45) is 0 Å². The molecule has 2 nitrogen and oxygen atoms in total. The average molecular weight is 557 g/mol. The molecule has 0 fully saturated rings. The molecule has 0 saturated heterocycles.